The molecule has 0 radical (unpaired) electrons. The fourth-order valence-corrected chi connectivity index (χ4v) is 5.22. The summed E-state index contributed by atoms with van der Waals surface area (Å²) in [6.45, 7) is 5.06. The Hall–Kier alpha value is -2.69. The van der Waals surface area contributed by atoms with Crippen LogP contribution in [0.2, 0.25) is 0 Å². The first-order valence-corrected chi connectivity index (χ1v) is 12.1. The van der Waals surface area contributed by atoms with Crippen molar-refractivity contribution in [1.29, 1.82) is 0 Å². The van der Waals surface area contributed by atoms with E-state index in [4.69, 9.17) is 4.74 Å². The number of benzene rings is 1. The van der Waals surface area contributed by atoms with E-state index < -0.39 is 0 Å². The van der Waals surface area contributed by atoms with Crippen LogP contribution in [-0.4, -0.2) is 51.0 Å². The van der Waals surface area contributed by atoms with Gasteiger partial charge in [0.1, 0.15) is 10.5 Å². The number of fused-ring (bicyclic) bond motifs is 1. The number of para-hydroxylation sites is 1. The normalized spacial score (nSPS) is 14.4. The molecule has 0 bridgehead atoms. The maximum Gasteiger partial charge on any atom is 0.268 e. The maximum atomic E-state index is 12.3. The van der Waals surface area contributed by atoms with Gasteiger partial charge < -0.3 is 14.6 Å². The summed E-state index contributed by atoms with van der Waals surface area (Å²) in [6.07, 6.45) is 0.907. The van der Waals surface area contributed by atoms with E-state index in [-0.39, 0.29) is 5.56 Å². The fourth-order valence-electron chi connectivity index (χ4n) is 3.69. The van der Waals surface area contributed by atoms with Crippen LogP contribution in [-0.2, 0) is 16.9 Å². The lowest BCUT2D eigenvalue weighted by Gasteiger charge is -2.28. The number of morpholine rings is 1. The first-order valence-electron chi connectivity index (χ1n) is 10.2. The van der Waals surface area contributed by atoms with E-state index in [9.17, 15) is 4.79 Å². The SMILES string of the molecule is CCc1ccccc1-n1c(SCc2nc3ccsc3c(=O)[nH]2)nnc1N1CCOCC1. The minimum atomic E-state index is -0.0950. The van der Waals surface area contributed by atoms with Crippen molar-refractivity contribution in [2.45, 2.75) is 24.3 Å². The standard InChI is InChI=1S/C21H22N6O2S2/c1-2-14-5-3-4-6-16(14)27-20(26-8-10-29-11-9-26)24-25-21(27)31-13-17-22-15-7-12-30-18(15)19(28)23-17/h3-7,12H,2,8-11,13H2,1H3,(H,22,23,28). The summed E-state index contributed by atoms with van der Waals surface area (Å²) in [5, 5.41) is 11.7. The molecule has 0 spiro atoms. The zero-order valence-electron chi connectivity index (χ0n) is 17.1. The number of aromatic nitrogens is 5. The number of rotatable bonds is 6. The van der Waals surface area contributed by atoms with E-state index in [1.165, 1.54) is 28.7 Å². The van der Waals surface area contributed by atoms with Gasteiger partial charge in [0.15, 0.2) is 5.16 Å². The molecule has 0 atom stereocenters. The first-order chi connectivity index (χ1) is 15.2. The van der Waals surface area contributed by atoms with Crippen LogP contribution in [0.3, 0.4) is 0 Å². The quantitative estimate of drug-likeness (QED) is 0.447. The molecule has 8 nitrogen and oxygen atoms in total. The van der Waals surface area contributed by atoms with Gasteiger partial charge in [0.25, 0.3) is 5.56 Å². The Morgan fingerprint density at radius 1 is 1.19 bits per heavy atom. The van der Waals surface area contributed by atoms with Crippen molar-refractivity contribution in [3.05, 3.63) is 57.5 Å². The Kier molecular flexibility index (Phi) is 5.75. The largest absolute Gasteiger partial charge is 0.378 e. The van der Waals surface area contributed by atoms with Gasteiger partial charge in [-0.2, -0.15) is 0 Å². The summed E-state index contributed by atoms with van der Waals surface area (Å²) in [4.78, 5) is 22.0. The average molecular weight is 455 g/mol. The molecule has 4 aromatic rings. The van der Waals surface area contributed by atoms with E-state index in [2.05, 4.69) is 54.8 Å². The Morgan fingerprint density at radius 2 is 2.03 bits per heavy atom. The van der Waals surface area contributed by atoms with Gasteiger partial charge in [0.05, 0.1) is 30.2 Å². The number of H-pyrrole nitrogens is 1. The van der Waals surface area contributed by atoms with E-state index in [0.717, 1.165) is 41.8 Å². The number of anilines is 1. The minimum absolute atomic E-state index is 0.0950. The minimum Gasteiger partial charge on any atom is -0.378 e. The highest BCUT2D eigenvalue weighted by Crippen LogP contribution is 2.30. The number of nitrogens with zero attached hydrogens (tertiary/aromatic N) is 5. The second-order valence-electron chi connectivity index (χ2n) is 7.14. The van der Waals surface area contributed by atoms with Crippen LogP contribution in [0.4, 0.5) is 5.95 Å². The molecule has 0 amide bonds. The van der Waals surface area contributed by atoms with Gasteiger partial charge in [-0.3, -0.25) is 9.36 Å². The molecule has 1 aliphatic rings. The molecule has 4 heterocycles. The number of aromatic amines is 1. The van der Waals surface area contributed by atoms with Crippen molar-refractivity contribution in [3.8, 4) is 5.69 Å². The van der Waals surface area contributed by atoms with Gasteiger partial charge in [-0.25, -0.2) is 4.98 Å². The molecule has 1 saturated heterocycles. The van der Waals surface area contributed by atoms with Gasteiger partial charge in [-0.05, 0) is 29.5 Å². The smallest absolute Gasteiger partial charge is 0.268 e. The summed E-state index contributed by atoms with van der Waals surface area (Å²) < 4.78 is 8.30. The average Bonchev–Trinajstić information content (AvgIpc) is 3.45. The molecule has 1 aliphatic heterocycles. The molecule has 1 N–H and O–H groups in total. The second kappa shape index (κ2) is 8.81. The van der Waals surface area contributed by atoms with Crippen molar-refractivity contribution in [2.75, 3.05) is 31.2 Å². The van der Waals surface area contributed by atoms with Crippen LogP contribution in [0, 0.1) is 0 Å². The first kappa shape index (κ1) is 20.2. The second-order valence-corrected chi connectivity index (χ2v) is 8.99. The number of hydrogen-bond acceptors (Lipinski definition) is 8. The van der Waals surface area contributed by atoms with Crippen molar-refractivity contribution in [1.82, 2.24) is 24.7 Å². The predicted octanol–water partition coefficient (Wildman–Crippen LogP) is 3.26. The van der Waals surface area contributed by atoms with E-state index in [1.807, 2.05) is 17.5 Å². The fraction of sp³-hybridized carbons (Fsp3) is 0.333. The number of nitrogens with one attached hydrogen (secondary N) is 1. The number of thiophene rings is 1. The van der Waals surface area contributed by atoms with Gasteiger partial charge >= 0.3 is 0 Å². The van der Waals surface area contributed by atoms with Crippen molar-refractivity contribution in [3.63, 3.8) is 0 Å². The molecule has 0 saturated carbocycles. The lowest BCUT2D eigenvalue weighted by molar-refractivity contribution is 0.122. The Labute approximate surface area is 187 Å². The van der Waals surface area contributed by atoms with Gasteiger partial charge in [0.2, 0.25) is 5.95 Å². The van der Waals surface area contributed by atoms with Crippen LogP contribution in [0.1, 0.15) is 18.3 Å². The molecule has 5 rings (SSSR count). The van der Waals surface area contributed by atoms with Crippen LogP contribution in [0.25, 0.3) is 15.9 Å². The number of hydrogen-bond donors (Lipinski definition) is 1. The number of ether oxygens (including phenoxy) is 1. The molecule has 1 aromatic carbocycles. The highest BCUT2D eigenvalue weighted by atomic mass is 32.2. The molecule has 0 aliphatic carbocycles. The predicted molar refractivity (Wildman–Crippen MR) is 124 cm³/mol. The summed E-state index contributed by atoms with van der Waals surface area (Å²) in [7, 11) is 0. The van der Waals surface area contributed by atoms with Crippen molar-refractivity contribution < 1.29 is 4.74 Å². The summed E-state index contributed by atoms with van der Waals surface area (Å²) >= 11 is 2.93. The molecule has 31 heavy (non-hydrogen) atoms. The van der Waals surface area contributed by atoms with E-state index in [1.54, 1.807) is 0 Å². The van der Waals surface area contributed by atoms with E-state index in [0.29, 0.717) is 29.5 Å². The van der Waals surface area contributed by atoms with Crippen LogP contribution in [0.15, 0.2) is 45.7 Å². The molecule has 10 heteroatoms. The van der Waals surface area contributed by atoms with Crippen molar-refractivity contribution >= 4 is 39.3 Å². The third kappa shape index (κ3) is 3.98. The monoisotopic (exact) mass is 454 g/mol. The lowest BCUT2D eigenvalue weighted by Crippen LogP contribution is -2.38. The third-order valence-electron chi connectivity index (χ3n) is 5.23. The number of aryl methyl sites for hydroxylation is 1. The Balaban J connectivity index is 1.51. The molecular weight excluding hydrogens is 432 g/mol. The van der Waals surface area contributed by atoms with E-state index >= 15 is 0 Å². The van der Waals surface area contributed by atoms with Gasteiger partial charge in [-0.15, -0.1) is 21.5 Å². The van der Waals surface area contributed by atoms with Crippen LogP contribution >= 0.6 is 23.1 Å². The maximum absolute atomic E-state index is 12.3. The zero-order valence-corrected chi connectivity index (χ0v) is 18.7. The summed E-state index contributed by atoms with van der Waals surface area (Å²) in [5.74, 6) is 1.95. The number of thioether (sulfide) groups is 1. The van der Waals surface area contributed by atoms with Gasteiger partial charge in [-0.1, -0.05) is 36.9 Å². The molecule has 3 aromatic heterocycles. The van der Waals surface area contributed by atoms with Crippen LogP contribution < -0.4 is 10.5 Å². The Morgan fingerprint density at radius 3 is 2.87 bits per heavy atom. The zero-order chi connectivity index (χ0) is 21.2. The van der Waals surface area contributed by atoms with Crippen molar-refractivity contribution in [2.24, 2.45) is 0 Å². The molecule has 0 unspecified atom stereocenters. The summed E-state index contributed by atoms with van der Waals surface area (Å²) in [6, 6.07) is 10.2. The highest BCUT2D eigenvalue weighted by Gasteiger charge is 2.23. The molecule has 160 valence electrons. The van der Waals surface area contributed by atoms with Gasteiger partial charge in [0, 0.05) is 13.1 Å². The Bertz CT molecular complexity index is 1260. The highest BCUT2D eigenvalue weighted by molar-refractivity contribution is 7.98. The third-order valence-corrected chi connectivity index (χ3v) is 7.07. The molecular formula is C21H22N6O2S2. The topological polar surface area (TPSA) is 88.9 Å². The lowest BCUT2D eigenvalue weighted by atomic mass is 10.1. The van der Waals surface area contributed by atoms with Crippen LogP contribution in [0.5, 0.6) is 0 Å². The molecule has 1 fully saturated rings. The summed E-state index contributed by atoms with van der Waals surface area (Å²) in [5.41, 5.74) is 2.94.